The van der Waals surface area contributed by atoms with Crippen molar-refractivity contribution >= 4 is 35.2 Å². The zero-order chi connectivity index (χ0) is 23.4. The maximum Gasteiger partial charge on any atom is 0.356 e. The zero-order valence-electron chi connectivity index (χ0n) is 16.8. The molecule has 0 aliphatic carbocycles. The van der Waals surface area contributed by atoms with Crippen LogP contribution >= 0.6 is 11.6 Å². The normalized spacial score (nSPS) is 10.7. The molecule has 2 aromatic heterocycles. The fourth-order valence-corrected chi connectivity index (χ4v) is 2.89. The maximum absolute atomic E-state index is 13.4. The van der Waals surface area contributed by atoms with Crippen molar-refractivity contribution in [2.45, 2.75) is 20.4 Å². The summed E-state index contributed by atoms with van der Waals surface area (Å²) in [7, 11) is 0. The van der Waals surface area contributed by atoms with Crippen LogP contribution in [0, 0.1) is 18.6 Å². The second kappa shape index (κ2) is 9.56. The number of nitrogens with one attached hydrogen (secondary N) is 4. The Balaban J connectivity index is 1.61. The summed E-state index contributed by atoms with van der Waals surface area (Å²) in [5, 5.41) is 10.8. The molecular weight excluding hydrogens is 450 g/mol. The summed E-state index contributed by atoms with van der Waals surface area (Å²) < 4.78 is 31.4. The lowest BCUT2D eigenvalue weighted by Crippen LogP contribution is -2.23. The molecule has 0 saturated carbocycles. The van der Waals surface area contributed by atoms with Gasteiger partial charge in [-0.25, -0.2) is 18.6 Å². The van der Waals surface area contributed by atoms with Gasteiger partial charge in [0.2, 0.25) is 0 Å². The quantitative estimate of drug-likeness (QED) is 0.311. The lowest BCUT2D eigenvalue weighted by molar-refractivity contribution is 0.0519. The van der Waals surface area contributed by atoms with Crippen molar-refractivity contribution < 1.29 is 27.9 Å². The number of anilines is 1. The number of imidazole rings is 1. The van der Waals surface area contributed by atoms with Crippen molar-refractivity contribution in [3.05, 3.63) is 63.3 Å². The van der Waals surface area contributed by atoms with Crippen LogP contribution in [-0.2, 0) is 11.3 Å². The smallest absolute Gasteiger partial charge is 0.356 e. The molecule has 168 valence electrons. The van der Waals surface area contributed by atoms with Gasteiger partial charge in [-0.2, -0.15) is 5.10 Å². The van der Waals surface area contributed by atoms with Gasteiger partial charge >= 0.3 is 5.97 Å². The minimum atomic E-state index is -1.23. The third-order valence-corrected chi connectivity index (χ3v) is 4.46. The van der Waals surface area contributed by atoms with Crippen LogP contribution in [0.3, 0.4) is 0 Å². The van der Waals surface area contributed by atoms with Crippen LogP contribution in [0.2, 0.25) is 5.02 Å². The first-order chi connectivity index (χ1) is 15.2. The fraction of sp³-hybridized carbons (Fsp3) is 0.211. The number of amides is 2. The van der Waals surface area contributed by atoms with Crippen LogP contribution < -0.4 is 10.6 Å². The van der Waals surface area contributed by atoms with Crippen molar-refractivity contribution in [2.24, 2.45) is 0 Å². The van der Waals surface area contributed by atoms with Crippen molar-refractivity contribution in [1.82, 2.24) is 25.5 Å². The van der Waals surface area contributed by atoms with Gasteiger partial charge in [0.25, 0.3) is 11.8 Å². The number of H-pyrrole nitrogens is 2. The number of carbonyl (C=O) groups excluding carboxylic acids is 3. The van der Waals surface area contributed by atoms with Gasteiger partial charge in [-0.1, -0.05) is 11.6 Å². The number of aryl methyl sites for hydroxylation is 1. The molecule has 3 rings (SSSR count). The summed E-state index contributed by atoms with van der Waals surface area (Å²) in [4.78, 5) is 43.3. The molecule has 0 unspecified atom stereocenters. The Morgan fingerprint density at radius 1 is 1.16 bits per heavy atom. The summed E-state index contributed by atoms with van der Waals surface area (Å²) >= 11 is 5.77. The highest BCUT2D eigenvalue weighted by Crippen LogP contribution is 2.21. The standard InChI is InChI=1S/C19H17ClF2N6O4/c1-3-32-19(31)16-8(2)24-15(25-16)7-23-18(30)13-6-14(28-27-13)26-17(29)9-4-11(21)12(22)5-10(9)20/h4-6H,3,7H2,1-2H3,(H,23,30)(H,24,25)(H2,26,27,28,29). The molecule has 0 atom stereocenters. The summed E-state index contributed by atoms with van der Waals surface area (Å²) in [6.45, 7) is 3.48. The van der Waals surface area contributed by atoms with E-state index < -0.39 is 29.4 Å². The molecule has 0 saturated heterocycles. The zero-order valence-corrected chi connectivity index (χ0v) is 17.6. The molecule has 0 aliphatic rings. The number of halogens is 3. The Bertz CT molecular complexity index is 1190. The van der Waals surface area contributed by atoms with E-state index in [9.17, 15) is 23.2 Å². The second-order valence-corrected chi connectivity index (χ2v) is 6.82. The number of rotatable bonds is 7. The predicted molar refractivity (Wildman–Crippen MR) is 108 cm³/mol. The number of ether oxygens (including phenoxy) is 1. The minimum Gasteiger partial charge on any atom is -0.461 e. The van der Waals surface area contributed by atoms with Gasteiger partial charge in [-0.05, 0) is 26.0 Å². The van der Waals surface area contributed by atoms with Crippen LogP contribution in [0.5, 0.6) is 0 Å². The van der Waals surface area contributed by atoms with E-state index in [0.29, 0.717) is 23.7 Å². The third kappa shape index (κ3) is 5.09. The van der Waals surface area contributed by atoms with E-state index >= 15 is 0 Å². The summed E-state index contributed by atoms with van der Waals surface area (Å²) in [6.07, 6.45) is 0. The van der Waals surface area contributed by atoms with Crippen LogP contribution in [0.25, 0.3) is 0 Å². The Kier molecular flexibility index (Phi) is 6.83. The van der Waals surface area contributed by atoms with Crippen LogP contribution in [0.1, 0.15) is 49.8 Å². The fourth-order valence-electron chi connectivity index (χ4n) is 2.65. The molecule has 10 nitrogen and oxygen atoms in total. The number of aromatic nitrogens is 4. The second-order valence-electron chi connectivity index (χ2n) is 6.41. The van der Waals surface area contributed by atoms with E-state index in [0.717, 1.165) is 0 Å². The highest BCUT2D eigenvalue weighted by Gasteiger charge is 2.19. The van der Waals surface area contributed by atoms with Crippen LogP contribution in [-0.4, -0.2) is 44.6 Å². The van der Waals surface area contributed by atoms with E-state index in [4.69, 9.17) is 16.3 Å². The third-order valence-electron chi connectivity index (χ3n) is 4.14. The highest BCUT2D eigenvalue weighted by atomic mass is 35.5. The molecule has 2 heterocycles. The van der Waals surface area contributed by atoms with Crippen molar-refractivity contribution in [3.8, 4) is 0 Å². The maximum atomic E-state index is 13.4. The van der Waals surface area contributed by atoms with Gasteiger partial charge in [0.1, 0.15) is 17.3 Å². The number of aromatic amines is 2. The Hall–Kier alpha value is -3.80. The molecule has 2 amide bonds. The van der Waals surface area contributed by atoms with E-state index in [1.54, 1.807) is 13.8 Å². The Labute approximate surface area is 184 Å². The van der Waals surface area contributed by atoms with Gasteiger partial charge in [0.15, 0.2) is 17.3 Å². The van der Waals surface area contributed by atoms with Crippen molar-refractivity contribution in [3.63, 3.8) is 0 Å². The molecule has 0 radical (unpaired) electrons. The summed E-state index contributed by atoms with van der Waals surface area (Å²) in [6, 6.07) is 2.58. The molecule has 0 fully saturated rings. The number of nitrogens with zero attached hydrogens (tertiary/aromatic N) is 2. The predicted octanol–water partition coefficient (Wildman–Crippen LogP) is 2.73. The minimum absolute atomic E-state index is 0.0272. The first-order valence-electron chi connectivity index (χ1n) is 9.21. The van der Waals surface area contributed by atoms with E-state index in [1.807, 2.05) is 0 Å². The number of benzene rings is 1. The molecule has 3 aromatic rings. The van der Waals surface area contributed by atoms with Gasteiger partial charge in [-0.15, -0.1) is 0 Å². The number of hydrogen-bond acceptors (Lipinski definition) is 6. The molecule has 0 aliphatic heterocycles. The first kappa shape index (κ1) is 22.9. The molecule has 0 bridgehead atoms. The van der Waals surface area contributed by atoms with E-state index in [2.05, 4.69) is 30.8 Å². The monoisotopic (exact) mass is 466 g/mol. The SMILES string of the molecule is CCOC(=O)c1[nH]c(CNC(=O)c2cc(NC(=O)c3cc(F)c(F)cc3Cl)[nH]n2)nc1C. The average molecular weight is 467 g/mol. The summed E-state index contributed by atoms with van der Waals surface area (Å²) in [5.74, 6) is -4.04. The molecule has 1 aromatic carbocycles. The van der Waals surface area contributed by atoms with Crippen molar-refractivity contribution in [1.29, 1.82) is 0 Å². The topological polar surface area (TPSA) is 142 Å². The molecule has 32 heavy (non-hydrogen) atoms. The van der Waals surface area contributed by atoms with Gasteiger partial charge in [0.05, 0.1) is 29.4 Å². The largest absolute Gasteiger partial charge is 0.461 e. The lowest BCUT2D eigenvalue weighted by Gasteiger charge is -2.05. The van der Waals surface area contributed by atoms with Gasteiger partial charge in [0, 0.05) is 6.07 Å². The van der Waals surface area contributed by atoms with E-state index in [-0.39, 0.29) is 40.9 Å². The lowest BCUT2D eigenvalue weighted by atomic mass is 10.2. The number of hydrogen-bond donors (Lipinski definition) is 4. The molecular formula is C19H17ClF2N6O4. The number of carbonyl (C=O) groups is 3. The Morgan fingerprint density at radius 3 is 2.59 bits per heavy atom. The Morgan fingerprint density at radius 2 is 1.88 bits per heavy atom. The van der Waals surface area contributed by atoms with Crippen LogP contribution in [0.4, 0.5) is 14.6 Å². The molecule has 13 heteroatoms. The highest BCUT2D eigenvalue weighted by molar-refractivity contribution is 6.34. The van der Waals surface area contributed by atoms with Crippen LogP contribution in [0.15, 0.2) is 18.2 Å². The summed E-state index contributed by atoms with van der Waals surface area (Å²) in [5.41, 5.74) is 0.257. The van der Waals surface area contributed by atoms with Crippen molar-refractivity contribution in [2.75, 3.05) is 11.9 Å². The molecule has 4 N–H and O–H groups in total. The number of esters is 1. The van der Waals surface area contributed by atoms with Gasteiger partial charge in [-0.3, -0.25) is 14.7 Å². The van der Waals surface area contributed by atoms with Gasteiger partial charge < -0.3 is 20.4 Å². The molecule has 0 spiro atoms. The van der Waals surface area contributed by atoms with E-state index in [1.165, 1.54) is 6.07 Å². The first-order valence-corrected chi connectivity index (χ1v) is 9.59. The average Bonchev–Trinajstić information content (AvgIpc) is 3.35.